The van der Waals surface area contributed by atoms with Crippen molar-refractivity contribution >= 4 is 40.3 Å². The van der Waals surface area contributed by atoms with Crippen molar-refractivity contribution in [2.24, 2.45) is 4.99 Å². The summed E-state index contributed by atoms with van der Waals surface area (Å²) in [6.07, 6.45) is 5.65. The molecule has 0 bridgehead atoms. The summed E-state index contributed by atoms with van der Waals surface area (Å²) in [4.78, 5) is 5.12. The highest BCUT2D eigenvalue weighted by molar-refractivity contribution is 8.41. The molecule has 2 fully saturated rings. The Morgan fingerprint density at radius 1 is 1.00 bits per heavy atom. The van der Waals surface area contributed by atoms with Crippen molar-refractivity contribution in [1.82, 2.24) is 0 Å². The number of hydrogen-bond acceptors (Lipinski definition) is 4. The third-order valence-corrected chi connectivity index (χ3v) is 11.1. The number of nitrogens with zero attached hydrogens (tertiary/aromatic N) is 1. The van der Waals surface area contributed by atoms with Crippen LogP contribution in [-0.2, 0) is 0 Å². The molecule has 0 amide bonds. The van der Waals surface area contributed by atoms with Gasteiger partial charge in [0.05, 0.1) is 5.54 Å². The fraction of sp³-hybridized carbons (Fsp3) is 0.588. The number of thioether (sulfide) groups is 3. The number of rotatable bonds is 1. The molecule has 1 aliphatic carbocycles. The van der Waals surface area contributed by atoms with Gasteiger partial charge in [0, 0.05) is 16.1 Å². The number of benzene rings is 1. The van der Waals surface area contributed by atoms with Gasteiger partial charge in [0.1, 0.15) is 8.45 Å². The second-order valence-corrected chi connectivity index (χ2v) is 11.5. The van der Waals surface area contributed by atoms with Crippen molar-refractivity contribution in [3.05, 3.63) is 35.9 Å². The molecule has 2 atom stereocenters. The first kappa shape index (κ1) is 14.5. The highest BCUT2D eigenvalue weighted by Crippen LogP contribution is 2.69. The van der Waals surface area contributed by atoms with Gasteiger partial charge in [-0.2, -0.15) is 0 Å². The van der Waals surface area contributed by atoms with Crippen LogP contribution in [0.4, 0.5) is 0 Å². The van der Waals surface area contributed by atoms with Crippen molar-refractivity contribution in [3.63, 3.8) is 0 Å². The van der Waals surface area contributed by atoms with Gasteiger partial charge in [0.25, 0.3) is 0 Å². The third kappa shape index (κ3) is 2.38. The molecule has 1 aromatic rings. The van der Waals surface area contributed by atoms with Crippen LogP contribution in [-0.4, -0.2) is 24.5 Å². The predicted octanol–water partition coefficient (Wildman–Crippen LogP) is 5.40. The summed E-state index contributed by atoms with van der Waals surface area (Å²) in [6, 6.07) is 10.7. The summed E-state index contributed by atoms with van der Waals surface area (Å²) in [6.45, 7) is 4.65. The van der Waals surface area contributed by atoms with Gasteiger partial charge in [-0.1, -0.05) is 54.9 Å². The Balaban J connectivity index is 1.64. The third-order valence-electron chi connectivity index (χ3n) is 4.64. The van der Waals surface area contributed by atoms with Crippen LogP contribution >= 0.6 is 35.3 Å². The molecule has 1 nitrogen and oxygen atoms in total. The molecule has 4 rings (SSSR count). The molecular formula is C17H21NS3. The van der Waals surface area contributed by atoms with E-state index in [-0.39, 0.29) is 8.95 Å². The lowest BCUT2D eigenvalue weighted by atomic mass is 10.00. The fourth-order valence-electron chi connectivity index (χ4n) is 3.40. The zero-order valence-electron chi connectivity index (χ0n) is 12.5. The lowest BCUT2D eigenvalue weighted by Gasteiger charge is -2.33. The Labute approximate surface area is 140 Å². The fourth-order valence-corrected chi connectivity index (χ4v) is 9.98. The van der Waals surface area contributed by atoms with Crippen molar-refractivity contribution < 1.29 is 0 Å². The van der Waals surface area contributed by atoms with Crippen molar-refractivity contribution in [2.75, 3.05) is 0 Å². The van der Waals surface area contributed by atoms with Crippen LogP contribution in [0.5, 0.6) is 0 Å². The van der Waals surface area contributed by atoms with Crippen LogP contribution in [0.1, 0.15) is 45.1 Å². The number of hydrogen-bond donors (Lipinski definition) is 0. The summed E-state index contributed by atoms with van der Waals surface area (Å²) < 4.78 is 0.192. The Morgan fingerprint density at radius 3 is 2.24 bits per heavy atom. The van der Waals surface area contributed by atoms with Crippen LogP contribution in [0.25, 0.3) is 0 Å². The quantitative estimate of drug-likeness (QED) is 0.681. The van der Waals surface area contributed by atoms with E-state index in [0.717, 1.165) is 10.5 Å². The molecule has 2 heterocycles. The van der Waals surface area contributed by atoms with Crippen molar-refractivity contribution in [2.45, 2.75) is 59.0 Å². The topological polar surface area (TPSA) is 12.4 Å². The van der Waals surface area contributed by atoms with Gasteiger partial charge >= 0.3 is 0 Å². The first-order valence-electron chi connectivity index (χ1n) is 7.80. The summed E-state index contributed by atoms with van der Waals surface area (Å²) >= 11 is 6.47. The molecule has 112 valence electrons. The van der Waals surface area contributed by atoms with E-state index in [0.29, 0.717) is 0 Å². The van der Waals surface area contributed by atoms with Gasteiger partial charge in [0.15, 0.2) is 0 Å². The molecule has 1 saturated heterocycles. The molecule has 3 aliphatic rings. The minimum absolute atomic E-state index is 0.00944. The van der Waals surface area contributed by atoms with Crippen LogP contribution in [0.3, 0.4) is 0 Å². The normalized spacial score (nSPS) is 33.0. The van der Waals surface area contributed by atoms with Crippen LogP contribution in [0.15, 0.2) is 35.3 Å². The molecule has 4 heteroatoms. The maximum absolute atomic E-state index is 5.12. The lowest BCUT2D eigenvalue weighted by Crippen LogP contribution is -2.35. The Hall–Kier alpha value is -0.0600. The summed E-state index contributed by atoms with van der Waals surface area (Å²) in [5, 5.41) is 2.93. The average molecular weight is 336 g/mol. The van der Waals surface area contributed by atoms with Crippen molar-refractivity contribution in [3.8, 4) is 0 Å². The smallest absolute Gasteiger partial charge is 0.138 e. The van der Waals surface area contributed by atoms with Crippen molar-refractivity contribution in [1.29, 1.82) is 0 Å². The second kappa shape index (κ2) is 5.24. The predicted molar refractivity (Wildman–Crippen MR) is 98.6 cm³/mol. The monoisotopic (exact) mass is 335 g/mol. The molecule has 0 unspecified atom stereocenters. The lowest BCUT2D eigenvalue weighted by molar-refractivity contribution is 0.532. The standard InChI is InChI=1S/C17H21NS3/c1-16(2)17(19-13-10-6-7-11-14(13)20-17)21-15(18-16)12-8-4-3-5-9-12/h3-5,8-9,13-14H,6-7,10-11H2,1-2H3/t13-,14-/m0/s1. The molecular weight excluding hydrogens is 314 g/mol. The highest BCUT2D eigenvalue weighted by atomic mass is 32.3. The molecule has 1 spiro atoms. The average Bonchev–Trinajstić information content (AvgIpc) is 2.98. The van der Waals surface area contributed by atoms with Crippen LogP contribution < -0.4 is 0 Å². The van der Waals surface area contributed by atoms with E-state index in [1.807, 2.05) is 11.8 Å². The maximum Gasteiger partial charge on any atom is 0.138 e. The zero-order chi connectivity index (χ0) is 14.5. The van der Waals surface area contributed by atoms with Gasteiger partial charge in [-0.3, -0.25) is 4.99 Å². The highest BCUT2D eigenvalue weighted by Gasteiger charge is 2.59. The molecule has 2 aliphatic heterocycles. The largest absolute Gasteiger partial charge is 0.268 e. The Morgan fingerprint density at radius 2 is 1.62 bits per heavy atom. The summed E-state index contributed by atoms with van der Waals surface area (Å²) in [5.74, 6) is 0. The van der Waals surface area contributed by atoms with E-state index in [2.05, 4.69) is 67.7 Å². The van der Waals surface area contributed by atoms with Crippen LogP contribution in [0.2, 0.25) is 0 Å². The van der Waals surface area contributed by atoms with Crippen LogP contribution in [0, 0.1) is 0 Å². The molecule has 1 saturated carbocycles. The summed E-state index contributed by atoms with van der Waals surface area (Å²) in [7, 11) is 0. The zero-order valence-corrected chi connectivity index (χ0v) is 15.0. The first-order valence-corrected chi connectivity index (χ1v) is 10.4. The minimum atomic E-state index is 0.00944. The van der Waals surface area contributed by atoms with E-state index < -0.39 is 0 Å². The van der Waals surface area contributed by atoms with Gasteiger partial charge in [-0.15, -0.1) is 23.5 Å². The maximum atomic E-state index is 5.12. The Kier molecular flexibility index (Phi) is 3.63. The molecule has 21 heavy (non-hydrogen) atoms. The summed E-state index contributed by atoms with van der Waals surface area (Å²) in [5.41, 5.74) is 1.29. The minimum Gasteiger partial charge on any atom is -0.268 e. The van der Waals surface area contributed by atoms with Gasteiger partial charge < -0.3 is 0 Å². The van der Waals surface area contributed by atoms with Gasteiger partial charge in [-0.05, 0) is 26.7 Å². The second-order valence-electron chi connectivity index (χ2n) is 6.60. The Bertz CT molecular complexity index is 553. The molecule has 0 aromatic heterocycles. The molecule has 0 N–H and O–H groups in total. The van der Waals surface area contributed by atoms with E-state index in [1.54, 1.807) is 0 Å². The molecule has 0 radical (unpaired) electrons. The molecule has 1 aromatic carbocycles. The first-order chi connectivity index (χ1) is 10.1. The van der Waals surface area contributed by atoms with E-state index in [9.17, 15) is 0 Å². The van der Waals surface area contributed by atoms with Gasteiger partial charge in [0.2, 0.25) is 0 Å². The SMILES string of the molecule is CC1(C)N=C(c2ccccc2)SC12S[C@H]1CCCC[C@@H]1S2. The van der Waals surface area contributed by atoms with Gasteiger partial charge in [-0.25, -0.2) is 0 Å². The van der Waals surface area contributed by atoms with E-state index in [1.165, 1.54) is 36.3 Å². The number of fused-ring (bicyclic) bond motifs is 1. The van der Waals surface area contributed by atoms with E-state index >= 15 is 0 Å². The number of aliphatic imine (C=N–C) groups is 1. The van der Waals surface area contributed by atoms with E-state index in [4.69, 9.17) is 4.99 Å².